The van der Waals surface area contributed by atoms with Crippen LogP contribution in [0.15, 0.2) is 71.5 Å². The van der Waals surface area contributed by atoms with Gasteiger partial charge in [0, 0.05) is 42.5 Å². The number of nitrogens with one attached hydrogen (secondary N) is 2. The average molecular weight is 426 g/mol. The van der Waals surface area contributed by atoms with Crippen molar-refractivity contribution in [2.45, 2.75) is 0 Å². The zero-order chi connectivity index (χ0) is 21.7. The van der Waals surface area contributed by atoms with Crippen molar-refractivity contribution in [3.8, 4) is 28.4 Å². The van der Waals surface area contributed by atoms with Crippen molar-refractivity contribution in [2.24, 2.45) is 7.05 Å². The van der Waals surface area contributed by atoms with Gasteiger partial charge in [-0.2, -0.15) is 0 Å². The lowest BCUT2D eigenvalue weighted by Gasteiger charge is -2.15. The summed E-state index contributed by atoms with van der Waals surface area (Å²) in [5.41, 5.74) is 2.44. The predicted octanol–water partition coefficient (Wildman–Crippen LogP) is 4.11. The maximum atomic E-state index is 12.3. The molecule has 156 valence electrons. The van der Waals surface area contributed by atoms with E-state index in [1.54, 1.807) is 57.7 Å². The Morgan fingerprint density at radius 1 is 1.10 bits per heavy atom. The van der Waals surface area contributed by atoms with E-state index in [0.717, 1.165) is 16.9 Å². The van der Waals surface area contributed by atoms with E-state index in [4.69, 9.17) is 9.47 Å². The van der Waals surface area contributed by atoms with Crippen LogP contribution in [0, 0.1) is 0 Å². The largest absolute Gasteiger partial charge is 0.497 e. The van der Waals surface area contributed by atoms with Crippen LogP contribution < -0.4 is 25.1 Å². The van der Waals surface area contributed by atoms with Crippen LogP contribution in [0.4, 0.5) is 11.4 Å². The average Bonchev–Trinajstić information content (AvgIpc) is 2.77. The number of aromatic nitrogens is 1. The summed E-state index contributed by atoms with van der Waals surface area (Å²) in [7, 11) is 3.57. The fourth-order valence-corrected chi connectivity index (χ4v) is 3.32. The first-order valence-corrected chi connectivity index (χ1v) is 10.3. The summed E-state index contributed by atoms with van der Waals surface area (Å²) in [5.74, 6) is 1.94. The number of rotatable bonds is 8. The maximum Gasteiger partial charge on any atom is 0.273 e. The number of aryl methyl sites for hydroxylation is 1. The summed E-state index contributed by atoms with van der Waals surface area (Å²) in [4.78, 5) is 12.3. The van der Waals surface area contributed by atoms with Gasteiger partial charge in [0.1, 0.15) is 33.9 Å². The molecule has 1 aromatic heterocycles. The number of methoxy groups -OCH3 is 1. The van der Waals surface area contributed by atoms with Crippen LogP contribution in [0.25, 0.3) is 11.1 Å². The van der Waals surface area contributed by atoms with Crippen LogP contribution in [0.5, 0.6) is 17.2 Å². The minimum Gasteiger partial charge on any atom is -0.497 e. The molecule has 0 saturated carbocycles. The summed E-state index contributed by atoms with van der Waals surface area (Å²) in [6.07, 6.45) is 1.73. The van der Waals surface area contributed by atoms with Crippen molar-refractivity contribution in [2.75, 3.05) is 24.2 Å². The molecule has 3 rings (SSSR count). The van der Waals surface area contributed by atoms with Gasteiger partial charge in [-0.05, 0) is 48.5 Å². The van der Waals surface area contributed by atoms with E-state index in [9.17, 15) is 9.00 Å². The van der Waals surface area contributed by atoms with Crippen LogP contribution >= 0.6 is 0 Å². The third-order valence-electron chi connectivity index (χ3n) is 4.40. The van der Waals surface area contributed by atoms with Crippen LogP contribution in [0.2, 0.25) is 0 Å². The highest BCUT2D eigenvalue weighted by Gasteiger charge is 2.13. The number of ether oxygens (including phenoxy) is 2. The number of nitrogens with zero attached hydrogens (tertiary/aromatic N) is 1. The molecule has 0 bridgehead atoms. The molecule has 2 N–H and O–H groups in total. The molecule has 0 aliphatic heterocycles. The highest BCUT2D eigenvalue weighted by Crippen LogP contribution is 2.36. The summed E-state index contributed by atoms with van der Waals surface area (Å²) in [5, 5.41) is 4.23. The van der Waals surface area contributed by atoms with Gasteiger partial charge >= 0.3 is 0 Å². The highest BCUT2D eigenvalue weighted by atomic mass is 32.2. The third-order valence-corrected chi connectivity index (χ3v) is 5.14. The molecule has 0 aliphatic carbocycles. The predicted molar refractivity (Wildman–Crippen MR) is 122 cm³/mol. The first-order chi connectivity index (χ1) is 14.4. The molecule has 2 aromatic carbocycles. The van der Waals surface area contributed by atoms with Crippen LogP contribution in [0.1, 0.15) is 0 Å². The van der Waals surface area contributed by atoms with Crippen LogP contribution in [-0.2, 0) is 18.0 Å². The Balaban J connectivity index is 2.09. The molecule has 1 heterocycles. The van der Waals surface area contributed by atoms with Gasteiger partial charge in [0.05, 0.1) is 7.11 Å². The zero-order valence-corrected chi connectivity index (χ0v) is 17.8. The molecule has 7 nitrogen and oxygen atoms in total. The van der Waals surface area contributed by atoms with Gasteiger partial charge in [-0.25, -0.2) is 4.21 Å². The molecule has 0 radical (unpaired) electrons. The van der Waals surface area contributed by atoms with E-state index >= 15 is 0 Å². The van der Waals surface area contributed by atoms with Gasteiger partial charge in [0.2, 0.25) is 0 Å². The minimum atomic E-state index is -1.41. The Hall–Kier alpha value is -3.52. The molecule has 1 atom stereocenters. The number of hydrogen-bond acceptors (Lipinski definition) is 5. The normalized spacial score (nSPS) is 11.4. The maximum absolute atomic E-state index is 12.3. The first-order valence-electron chi connectivity index (χ1n) is 9.09. The van der Waals surface area contributed by atoms with Crippen molar-refractivity contribution in [1.82, 2.24) is 4.57 Å². The molecule has 30 heavy (non-hydrogen) atoms. The molecule has 0 saturated heterocycles. The summed E-state index contributed by atoms with van der Waals surface area (Å²) in [6.45, 7) is 3.52. The SMILES string of the molecule is C=CS(=O)Nc1ccc(Oc2ccc(OC)cc2)c(-c2cc(NC)c(=O)n(C)c2)c1. The molecular weight excluding hydrogens is 402 g/mol. The molecular formula is C22H23N3O4S. The van der Waals surface area contributed by atoms with Crippen molar-refractivity contribution in [1.29, 1.82) is 0 Å². The molecule has 0 amide bonds. The molecule has 3 aromatic rings. The Morgan fingerprint density at radius 3 is 2.43 bits per heavy atom. The van der Waals surface area contributed by atoms with Gasteiger partial charge in [0.15, 0.2) is 0 Å². The molecule has 0 fully saturated rings. The number of pyridine rings is 1. The van der Waals surface area contributed by atoms with Crippen molar-refractivity contribution < 1.29 is 13.7 Å². The Kier molecular flexibility index (Phi) is 6.58. The quantitative estimate of drug-likeness (QED) is 0.568. The van der Waals surface area contributed by atoms with Gasteiger partial charge in [-0.15, -0.1) is 0 Å². The lowest BCUT2D eigenvalue weighted by molar-refractivity contribution is 0.413. The van der Waals surface area contributed by atoms with E-state index in [0.29, 0.717) is 22.9 Å². The molecule has 0 aliphatic rings. The van der Waals surface area contributed by atoms with Crippen molar-refractivity contribution in [3.63, 3.8) is 0 Å². The second-order valence-electron chi connectivity index (χ2n) is 6.36. The summed E-state index contributed by atoms with van der Waals surface area (Å²) >= 11 is 0. The third kappa shape index (κ3) is 4.72. The van der Waals surface area contributed by atoms with E-state index in [2.05, 4.69) is 16.6 Å². The number of anilines is 2. The van der Waals surface area contributed by atoms with Crippen molar-refractivity contribution >= 4 is 22.4 Å². The molecule has 1 unspecified atom stereocenters. The Labute approximate surface area is 177 Å². The van der Waals surface area contributed by atoms with Gasteiger partial charge in [-0.1, -0.05) is 6.58 Å². The van der Waals surface area contributed by atoms with Crippen LogP contribution in [-0.4, -0.2) is 22.9 Å². The zero-order valence-electron chi connectivity index (χ0n) is 17.0. The fourth-order valence-electron chi connectivity index (χ4n) is 2.87. The molecule has 8 heteroatoms. The standard InChI is InChI=1S/C22H23N3O4S/c1-5-30(27)24-16-6-11-21(29-18-9-7-17(28-4)8-10-18)19(13-16)15-12-20(23-2)22(26)25(3)14-15/h5-14,23-24H,1H2,2-4H3. The fraction of sp³-hybridized carbons (Fsp3) is 0.136. The minimum absolute atomic E-state index is 0.138. The Morgan fingerprint density at radius 2 is 1.80 bits per heavy atom. The number of hydrogen-bond donors (Lipinski definition) is 2. The highest BCUT2D eigenvalue weighted by molar-refractivity contribution is 7.89. The summed E-state index contributed by atoms with van der Waals surface area (Å²) in [6, 6.07) is 14.4. The van der Waals surface area contributed by atoms with Gasteiger partial charge < -0.3 is 24.1 Å². The smallest absolute Gasteiger partial charge is 0.273 e. The lowest BCUT2D eigenvalue weighted by Crippen LogP contribution is -2.19. The topological polar surface area (TPSA) is 81.6 Å². The first kappa shape index (κ1) is 21.2. The van der Waals surface area contributed by atoms with Crippen LogP contribution in [0.3, 0.4) is 0 Å². The van der Waals surface area contributed by atoms with E-state index < -0.39 is 11.0 Å². The monoisotopic (exact) mass is 425 g/mol. The second kappa shape index (κ2) is 9.32. The summed E-state index contributed by atoms with van der Waals surface area (Å²) < 4.78 is 27.5. The van der Waals surface area contributed by atoms with Crippen molar-refractivity contribution in [3.05, 3.63) is 77.1 Å². The van der Waals surface area contributed by atoms with E-state index in [-0.39, 0.29) is 5.56 Å². The van der Waals surface area contributed by atoms with Gasteiger partial charge in [-0.3, -0.25) is 4.79 Å². The van der Waals surface area contributed by atoms with Gasteiger partial charge in [0.25, 0.3) is 5.56 Å². The molecule has 0 spiro atoms. The number of benzene rings is 2. The van der Waals surface area contributed by atoms with E-state index in [1.807, 2.05) is 18.2 Å². The second-order valence-corrected chi connectivity index (χ2v) is 7.50. The lowest BCUT2D eigenvalue weighted by atomic mass is 10.0. The Bertz CT molecular complexity index is 1140. The van der Waals surface area contributed by atoms with E-state index in [1.165, 1.54) is 9.98 Å².